The first-order valence-corrected chi connectivity index (χ1v) is 9.54. The molecule has 4 nitrogen and oxygen atoms in total. The van der Waals surface area contributed by atoms with E-state index in [1.807, 2.05) is 24.3 Å². The quantitative estimate of drug-likeness (QED) is 0.807. The lowest BCUT2D eigenvalue weighted by atomic mass is 10.0. The van der Waals surface area contributed by atoms with Crippen LogP contribution in [0.4, 0.5) is 4.39 Å². The first kappa shape index (κ1) is 19.0. The predicted octanol–water partition coefficient (Wildman–Crippen LogP) is 3.31. The van der Waals surface area contributed by atoms with Crippen LogP contribution in [0.1, 0.15) is 22.0 Å². The number of amides is 1. The van der Waals surface area contributed by atoms with Crippen molar-refractivity contribution in [2.24, 2.45) is 0 Å². The van der Waals surface area contributed by atoms with E-state index in [9.17, 15) is 9.18 Å². The molecule has 3 rings (SSSR count). The molecular weight excluding hydrogens is 397 g/mol. The van der Waals surface area contributed by atoms with E-state index in [-0.39, 0.29) is 17.8 Å². The van der Waals surface area contributed by atoms with E-state index >= 15 is 0 Å². The lowest BCUT2D eigenvalue weighted by Gasteiger charge is -2.38. The molecule has 0 aliphatic carbocycles. The van der Waals surface area contributed by atoms with Crippen molar-refractivity contribution in [3.05, 3.63) is 69.9 Å². The number of halogens is 2. The fourth-order valence-corrected chi connectivity index (χ4v) is 3.43. The van der Waals surface area contributed by atoms with Gasteiger partial charge in [-0.1, -0.05) is 28.1 Å². The van der Waals surface area contributed by atoms with Crippen LogP contribution in [0, 0.1) is 5.82 Å². The number of piperazine rings is 1. The number of nitrogens with zero attached hydrogens (tertiary/aromatic N) is 2. The van der Waals surface area contributed by atoms with Crippen LogP contribution in [0.25, 0.3) is 0 Å². The Balaban J connectivity index is 1.71. The highest BCUT2D eigenvalue weighted by atomic mass is 79.9. The summed E-state index contributed by atoms with van der Waals surface area (Å²) in [6.45, 7) is 4.31. The van der Waals surface area contributed by atoms with E-state index in [0.717, 1.165) is 36.2 Å². The molecule has 0 bridgehead atoms. The zero-order chi connectivity index (χ0) is 18.5. The molecule has 0 saturated carbocycles. The molecule has 6 heteroatoms. The van der Waals surface area contributed by atoms with Crippen LogP contribution < -0.4 is 5.32 Å². The lowest BCUT2D eigenvalue weighted by molar-refractivity contribution is 0.0886. The van der Waals surface area contributed by atoms with Crippen molar-refractivity contribution in [1.82, 2.24) is 15.1 Å². The Bertz CT molecular complexity index is 728. The van der Waals surface area contributed by atoms with Crippen molar-refractivity contribution >= 4 is 21.8 Å². The van der Waals surface area contributed by atoms with Crippen LogP contribution in [-0.2, 0) is 0 Å². The van der Waals surface area contributed by atoms with Crippen LogP contribution in [0.3, 0.4) is 0 Å². The van der Waals surface area contributed by atoms with Crippen molar-refractivity contribution in [1.29, 1.82) is 0 Å². The zero-order valence-corrected chi connectivity index (χ0v) is 16.4. The van der Waals surface area contributed by atoms with Gasteiger partial charge >= 0.3 is 0 Å². The van der Waals surface area contributed by atoms with Gasteiger partial charge in [0.1, 0.15) is 5.82 Å². The number of carbonyl (C=O) groups is 1. The Labute approximate surface area is 162 Å². The normalized spacial score (nSPS) is 17.0. The number of carbonyl (C=O) groups excluding carboxylic acids is 1. The first-order chi connectivity index (χ1) is 12.5. The van der Waals surface area contributed by atoms with Crippen LogP contribution in [-0.4, -0.2) is 55.5 Å². The number of benzene rings is 2. The van der Waals surface area contributed by atoms with E-state index in [1.54, 1.807) is 12.1 Å². The van der Waals surface area contributed by atoms with Crippen molar-refractivity contribution in [2.45, 2.75) is 6.04 Å². The van der Waals surface area contributed by atoms with Gasteiger partial charge in [-0.25, -0.2) is 4.39 Å². The third-order valence-electron chi connectivity index (χ3n) is 4.80. The first-order valence-electron chi connectivity index (χ1n) is 8.75. The summed E-state index contributed by atoms with van der Waals surface area (Å²) in [6, 6.07) is 13.9. The number of nitrogens with one attached hydrogen (secondary N) is 1. The van der Waals surface area contributed by atoms with Crippen LogP contribution in [0.2, 0.25) is 0 Å². The minimum absolute atomic E-state index is 0.0312. The largest absolute Gasteiger partial charge is 0.350 e. The molecule has 1 aliphatic heterocycles. The standard InChI is InChI=1S/C20H23BrFN3O/c1-24-10-12-25(13-11-24)19(15-4-8-18(22)9-5-15)14-23-20(26)16-2-6-17(21)7-3-16/h2-9,19H,10-14H2,1H3,(H,23,26)/t19-/m1/s1. The summed E-state index contributed by atoms with van der Waals surface area (Å²) in [5, 5.41) is 3.04. The molecule has 1 amide bonds. The average molecular weight is 420 g/mol. The highest BCUT2D eigenvalue weighted by Gasteiger charge is 2.24. The van der Waals surface area contributed by atoms with Gasteiger partial charge in [0.05, 0.1) is 6.04 Å². The topological polar surface area (TPSA) is 35.6 Å². The summed E-state index contributed by atoms with van der Waals surface area (Å²) in [7, 11) is 2.11. The third-order valence-corrected chi connectivity index (χ3v) is 5.32. The van der Waals surface area contributed by atoms with Crippen LogP contribution >= 0.6 is 15.9 Å². The van der Waals surface area contributed by atoms with Gasteiger partial charge in [0.15, 0.2) is 0 Å². The second kappa shape index (κ2) is 8.75. The Hall–Kier alpha value is -1.76. The Kier molecular flexibility index (Phi) is 6.40. The van der Waals surface area contributed by atoms with Gasteiger partial charge < -0.3 is 10.2 Å². The molecule has 1 saturated heterocycles. The fraction of sp³-hybridized carbons (Fsp3) is 0.350. The minimum atomic E-state index is -0.246. The Morgan fingerprint density at radius 3 is 2.31 bits per heavy atom. The maximum absolute atomic E-state index is 13.3. The van der Waals surface area contributed by atoms with Crippen LogP contribution in [0.5, 0.6) is 0 Å². The molecule has 0 unspecified atom stereocenters. The maximum Gasteiger partial charge on any atom is 0.251 e. The molecule has 26 heavy (non-hydrogen) atoms. The summed E-state index contributed by atoms with van der Waals surface area (Å²) in [4.78, 5) is 17.1. The molecular formula is C20H23BrFN3O. The van der Waals surface area contributed by atoms with E-state index in [0.29, 0.717) is 12.1 Å². The highest BCUT2D eigenvalue weighted by molar-refractivity contribution is 9.10. The van der Waals surface area contributed by atoms with Gasteiger partial charge in [-0.15, -0.1) is 0 Å². The summed E-state index contributed by atoms with van der Waals surface area (Å²) in [6.07, 6.45) is 0. The molecule has 138 valence electrons. The summed E-state index contributed by atoms with van der Waals surface area (Å²) < 4.78 is 14.3. The molecule has 0 spiro atoms. The number of likely N-dealkylation sites (N-methyl/N-ethyl adjacent to an activating group) is 1. The van der Waals surface area contributed by atoms with Crippen molar-refractivity contribution < 1.29 is 9.18 Å². The summed E-state index contributed by atoms with van der Waals surface area (Å²) >= 11 is 3.38. The second-order valence-electron chi connectivity index (χ2n) is 6.62. The van der Waals surface area contributed by atoms with Gasteiger partial charge in [0.2, 0.25) is 0 Å². The minimum Gasteiger partial charge on any atom is -0.350 e. The van der Waals surface area contributed by atoms with Crippen molar-refractivity contribution in [2.75, 3.05) is 39.8 Å². The predicted molar refractivity (Wildman–Crippen MR) is 105 cm³/mol. The molecule has 2 aromatic rings. The molecule has 1 atom stereocenters. The third kappa shape index (κ3) is 4.90. The smallest absolute Gasteiger partial charge is 0.251 e. The number of hydrogen-bond acceptors (Lipinski definition) is 3. The molecule has 2 aromatic carbocycles. The number of hydrogen-bond donors (Lipinski definition) is 1. The molecule has 1 N–H and O–H groups in total. The average Bonchev–Trinajstić information content (AvgIpc) is 2.65. The Morgan fingerprint density at radius 1 is 1.08 bits per heavy atom. The van der Waals surface area contributed by atoms with E-state index in [2.05, 4.69) is 38.1 Å². The molecule has 1 aliphatic rings. The molecule has 1 fully saturated rings. The van der Waals surface area contributed by atoms with E-state index in [4.69, 9.17) is 0 Å². The zero-order valence-electron chi connectivity index (χ0n) is 14.8. The lowest BCUT2D eigenvalue weighted by Crippen LogP contribution is -2.48. The number of rotatable bonds is 5. The van der Waals surface area contributed by atoms with Gasteiger partial charge in [0, 0.05) is 42.8 Å². The highest BCUT2D eigenvalue weighted by Crippen LogP contribution is 2.22. The maximum atomic E-state index is 13.3. The van der Waals surface area contributed by atoms with Crippen molar-refractivity contribution in [3.63, 3.8) is 0 Å². The summed E-state index contributed by atoms with van der Waals surface area (Å²) in [5.41, 5.74) is 1.65. The van der Waals surface area contributed by atoms with Gasteiger partial charge in [-0.2, -0.15) is 0 Å². The molecule has 0 aromatic heterocycles. The van der Waals surface area contributed by atoms with Crippen LogP contribution in [0.15, 0.2) is 53.0 Å². The van der Waals surface area contributed by atoms with E-state index in [1.165, 1.54) is 12.1 Å². The monoisotopic (exact) mass is 419 g/mol. The molecule has 0 radical (unpaired) electrons. The fourth-order valence-electron chi connectivity index (χ4n) is 3.17. The van der Waals surface area contributed by atoms with Gasteiger partial charge in [-0.3, -0.25) is 9.69 Å². The SMILES string of the molecule is CN1CCN([C@H](CNC(=O)c2ccc(Br)cc2)c2ccc(F)cc2)CC1. The van der Waals surface area contributed by atoms with Gasteiger partial charge in [-0.05, 0) is 49.0 Å². The molecule has 1 heterocycles. The van der Waals surface area contributed by atoms with E-state index < -0.39 is 0 Å². The summed E-state index contributed by atoms with van der Waals surface area (Å²) in [5.74, 6) is -0.344. The van der Waals surface area contributed by atoms with Crippen molar-refractivity contribution in [3.8, 4) is 0 Å². The second-order valence-corrected chi connectivity index (χ2v) is 7.54. The Morgan fingerprint density at radius 2 is 1.69 bits per heavy atom. The van der Waals surface area contributed by atoms with Gasteiger partial charge in [0.25, 0.3) is 5.91 Å².